The van der Waals surface area contributed by atoms with Gasteiger partial charge in [0.05, 0.1) is 11.3 Å². The molecule has 5 heteroatoms. The molecule has 0 amide bonds. The van der Waals surface area contributed by atoms with Gasteiger partial charge in [0.1, 0.15) is 0 Å². The van der Waals surface area contributed by atoms with Gasteiger partial charge in [-0.15, -0.1) is 0 Å². The van der Waals surface area contributed by atoms with E-state index in [2.05, 4.69) is 10.3 Å². The van der Waals surface area contributed by atoms with Gasteiger partial charge in [-0.1, -0.05) is 12.8 Å². The highest BCUT2D eigenvalue weighted by Crippen LogP contribution is 2.28. The van der Waals surface area contributed by atoms with Gasteiger partial charge >= 0.3 is 6.18 Å². The smallest absolute Gasteiger partial charge is 0.308 e. The largest absolute Gasteiger partial charge is 0.417 e. The van der Waals surface area contributed by atoms with Crippen LogP contribution in [0.1, 0.15) is 36.9 Å². The molecular weight excluding hydrogens is 229 g/mol. The Morgan fingerprint density at radius 3 is 2.47 bits per heavy atom. The van der Waals surface area contributed by atoms with Crippen molar-refractivity contribution in [2.45, 2.75) is 44.4 Å². The van der Waals surface area contributed by atoms with Gasteiger partial charge in [0, 0.05) is 18.8 Å². The molecule has 0 aromatic carbocycles. The molecule has 1 aromatic heterocycles. The monoisotopic (exact) mass is 244 g/mol. The predicted octanol–water partition coefficient (Wildman–Crippen LogP) is 3.13. The van der Waals surface area contributed by atoms with Gasteiger partial charge in [0.25, 0.3) is 0 Å². The molecule has 0 radical (unpaired) electrons. The maximum Gasteiger partial charge on any atom is 0.417 e. The fraction of sp³-hybridized carbons (Fsp3) is 0.583. The number of halogens is 3. The first-order valence-electron chi connectivity index (χ1n) is 5.81. The highest BCUT2D eigenvalue weighted by Gasteiger charge is 2.30. The third kappa shape index (κ3) is 3.43. The van der Waals surface area contributed by atoms with Crippen molar-refractivity contribution >= 4 is 0 Å². The number of pyridine rings is 1. The molecule has 1 fully saturated rings. The standard InChI is InChI=1S/C12H15F3N2/c13-12(14,15)9-5-6-11(16-7-9)8-17-10-3-1-2-4-10/h5-7,10,17H,1-4,8H2. The molecule has 0 spiro atoms. The lowest BCUT2D eigenvalue weighted by Gasteiger charge is -2.11. The minimum absolute atomic E-state index is 0.499. The van der Waals surface area contributed by atoms with Crippen LogP contribution in [0.15, 0.2) is 18.3 Å². The van der Waals surface area contributed by atoms with Crippen molar-refractivity contribution in [2.24, 2.45) is 0 Å². The quantitative estimate of drug-likeness (QED) is 0.883. The highest BCUT2D eigenvalue weighted by atomic mass is 19.4. The van der Waals surface area contributed by atoms with Crippen molar-refractivity contribution in [3.8, 4) is 0 Å². The third-order valence-electron chi connectivity index (χ3n) is 3.08. The minimum atomic E-state index is -4.30. The van der Waals surface area contributed by atoms with Crippen LogP contribution < -0.4 is 5.32 Å². The summed E-state index contributed by atoms with van der Waals surface area (Å²) in [5.41, 5.74) is -0.0352. The molecule has 0 atom stereocenters. The molecule has 0 bridgehead atoms. The summed E-state index contributed by atoms with van der Waals surface area (Å²) in [5, 5.41) is 3.31. The molecule has 1 aliphatic rings. The van der Waals surface area contributed by atoms with Gasteiger partial charge in [-0.3, -0.25) is 4.98 Å². The molecule has 17 heavy (non-hydrogen) atoms. The van der Waals surface area contributed by atoms with E-state index >= 15 is 0 Å². The Morgan fingerprint density at radius 1 is 1.24 bits per heavy atom. The van der Waals surface area contributed by atoms with Crippen LogP contribution in [0.3, 0.4) is 0 Å². The Kier molecular flexibility index (Phi) is 3.66. The van der Waals surface area contributed by atoms with Gasteiger partial charge in [-0.2, -0.15) is 13.2 Å². The predicted molar refractivity (Wildman–Crippen MR) is 58.3 cm³/mol. The average Bonchev–Trinajstić information content (AvgIpc) is 2.78. The van der Waals surface area contributed by atoms with E-state index in [1.165, 1.54) is 18.9 Å². The zero-order valence-corrected chi connectivity index (χ0v) is 9.43. The van der Waals surface area contributed by atoms with E-state index in [-0.39, 0.29) is 0 Å². The van der Waals surface area contributed by atoms with Crippen molar-refractivity contribution in [3.63, 3.8) is 0 Å². The first-order valence-corrected chi connectivity index (χ1v) is 5.81. The van der Waals surface area contributed by atoms with Gasteiger partial charge in [-0.05, 0) is 25.0 Å². The SMILES string of the molecule is FC(F)(F)c1ccc(CNC2CCCC2)nc1. The van der Waals surface area contributed by atoms with Crippen LogP contribution in [-0.4, -0.2) is 11.0 Å². The number of nitrogens with one attached hydrogen (secondary N) is 1. The summed E-state index contributed by atoms with van der Waals surface area (Å²) >= 11 is 0. The summed E-state index contributed by atoms with van der Waals surface area (Å²) in [7, 11) is 0. The van der Waals surface area contributed by atoms with Crippen molar-refractivity contribution in [1.29, 1.82) is 0 Å². The Bertz CT molecular complexity index is 353. The zero-order chi connectivity index (χ0) is 12.3. The van der Waals surface area contributed by atoms with Crippen LogP contribution >= 0.6 is 0 Å². The number of alkyl halides is 3. The summed E-state index contributed by atoms with van der Waals surface area (Å²) in [5.74, 6) is 0. The minimum Gasteiger partial charge on any atom is -0.308 e. The van der Waals surface area contributed by atoms with Crippen molar-refractivity contribution in [1.82, 2.24) is 10.3 Å². The number of hydrogen-bond acceptors (Lipinski definition) is 2. The van der Waals surface area contributed by atoms with Gasteiger partial charge < -0.3 is 5.32 Å². The zero-order valence-electron chi connectivity index (χ0n) is 9.43. The summed E-state index contributed by atoms with van der Waals surface area (Å²) in [6.07, 6.45) is 1.37. The highest BCUT2D eigenvalue weighted by molar-refractivity contribution is 5.16. The summed E-state index contributed by atoms with van der Waals surface area (Å²) in [4.78, 5) is 3.82. The number of aromatic nitrogens is 1. The lowest BCUT2D eigenvalue weighted by Crippen LogP contribution is -2.25. The fourth-order valence-electron chi connectivity index (χ4n) is 2.08. The third-order valence-corrected chi connectivity index (χ3v) is 3.08. The maximum absolute atomic E-state index is 12.3. The van der Waals surface area contributed by atoms with E-state index in [0.29, 0.717) is 18.3 Å². The normalized spacial score (nSPS) is 17.6. The van der Waals surface area contributed by atoms with Gasteiger partial charge in [0.15, 0.2) is 0 Å². The number of rotatable bonds is 3. The molecule has 0 unspecified atom stereocenters. The second-order valence-corrected chi connectivity index (χ2v) is 4.40. The summed E-state index contributed by atoms with van der Waals surface area (Å²) < 4.78 is 36.9. The molecule has 1 aliphatic carbocycles. The Labute approximate surface area is 98.2 Å². The van der Waals surface area contributed by atoms with E-state index in [4.69, 9.17) is 0 Å². The van der Waals surface area contributed by atoms with E-state index in [1.807, 2.05) is 0 Å². The molecule has 94 valence electrons. The van der Waals surface area contributed by atoms with Crippen LogP contribution in [0.2, 0.25) is 0 Å². The van der Waals surface area contributed by atoms with E-state index < -0.39 is 11.7 Å². The average molecular weight is 244 g/mol. The first-order chi connectivity index (χ1) is 8.05. The lowest BCUT2D eigenvalue weighted by molar-refractivity contribution is -0.137. The molecule has 1 heterocycles. The number of hydrogen-bond donors (Lipinski definition) is 1. The Balaban J connectivity index is 1.89. The second-order valence-electron chi connectivity index (χ2n) is 4.40. The Morgan fingerprint density at radius 2 is 1.94 bits per heavy atom. The Hall–Kier alpha value is -1.10. The van der Waals surface area contributed by atoms with E-state index in [9.17, 15) is 13.2 Å². The topological polar surface area (TPSA) is 24.9 Å². The van der Waals surface area contributed by atoms with Crippen molar-refractivity contribution in [2.75, 3.05) is 0 Å². The molecular formula is C12H15F3N2. The van der Waals surface area contributed by atoms with Crippen LogP contribution in [0.5, 0.6) is 0 Å². The van der Waals surface area contributed by atoms with Crippen LogP contribution in [0, 0.1) is 0 Å². The summed E-state index contributed by atoms with van der Waals surface area (Å²) in [6, 6.07) is 3.02. The molecule has 2 nitrogen and oxygen atoms in total. The van der Waals surface area contributed by atoms with Crippen LogP contribution in [0.25, 0.3) is 0 Å². The van der Waals surface area contributed by atoms with E-state index in [0.717, 1.165) is 25.1 Å². The van der Waals surface area contributed by atoms with Crippen molar-refractivity contribution in [3.05, 3.63) is 29.6 Å². The van der Waals surface area contributed by atoms with Crippen LogP contribution in [-0.2, 0) is 12.7 Å². The molecule has 1 N–H and O–H groups in total. The van der Waals surface area contributed by atoms with Gasteiger partial charge in [0.2, 0.25) is 0 Å². The first kappa shape index (κ1) is 12.4. The maximum atomic E-state index is 12.3. The van der Waals surface area contributed by atoms with Gasteiger partial charge in [-0.25, -0.2) is 0 Å². The molecule has 0 saturated heterocycles. The fourth-order valence-corrected chi connectivity index (χ4v) is 2.08. The van der Waals surface area contributed by atoms with Crippen LogP contribution in [0.4, 0.5) is 13.2 Å². The molecule has 1 saturated carbocycles. The van der Waals surface area contributed by atoms with E-state index in [1.54, 1.807) is 0 Å². The summed E-state index contributed by atoms with van der Waals surface area (Å²) in [6.45, 7) is 0.544. The van der Waals surface area contributed by atoms with Crippen molar-refractivity contribution < 1.29 is 13.2 Å². The molecule has 1 aromatic rings. The molecule has 0 aliphatic heterocycles. The lowest BCUT2D eigenvalue weighted by atomic mass is 10.2. The molecule has 2 rings (SSSR count). The second kappa shape index (κ2) is 5.04. The number of nitrogens with zero attached hydrogens (tertiary/aromatic N) is 1.